The van der Waals surface area contributed by atoms with Crippen molar-refractivity contribution >= 4 is 10.9 Å². The van der Waals surface area contributed by atoms with E-state index in [1.165, 1.54) is 0 Å². The number of fused-ring (bicyclic) bond motifs is 1. The molecule has 0 aliphatic heterocycles. The van der Waals surface area contributed by atoms with Crippen LogP contribution in [0.15, 0.2) is 60.8 Å². The Bertz CT molecular complexity index is 1100. The molecular weight excluding hydrogens is 300 g/mol. The molecule has 2 aromatic heterocycles. The van der Waals surface area contributed by atoms with E-state index in [0.717, 1.165) is 16.6 Å². The second-order valence-corrected chi connectivity index (χ2v) is 5.54. The molecule has 1 N–H and O–H groups in total. The largest absolute Gasteiger partial charge is 0.506 e. The Morgan fingerprint density at radius 1 is 1.04 bits per heavy atom. The van der Waals surface area contributed by atoms with Crippen LogP contribution in [0.1, 0.15) is 11.3 Å². The smallest absolute Gasteiger partial charge is 0.158 e. The van der Waals surface area contributed by atoms with Crippen LogP contribution in [0.2, 0.25) is 0 Å². The van der Waals surface area contributed by atoms with Crippen LogP contribution in [0.5, 0.6) is 5.75 Å². The average Bonchev–Trinajstić information content (AvgIpc) is 3.15. The molecule has 0 aliphatic carbocycles. The van der Waals surface area contributed by atoms with Gasteiger partial charge >= 0.3 is 0 Å². The molecule has 24 heavy (non-hydrogen) atoms. The van der Waals surface area contributed by atoms with Crippen LogP contribution in [-0.4, -0.2) is 19.5 Å². The summed E-state index contributed by atoms with van der Waals surface area (Å²) in [6.45, 7) is 1.93. The van der Waals surface area contributed by atoms with Gasteiger partial charge in [-0.25, -0.2) is 4.68 Å². The van der Waals surface area contributed by atoms with Crippen LogP contribution in [-0.2, 0) is 0 Å². The molecule has 0 saturated heterocycles. The predicted molar refractivity (Wildman–Crippen MR) is 91.5 cm³/mol. The molecule has 4 rings (SSSR count). The summed E-state index contributed by atoms with van der Waals surface area (Å²) in [7, 11) is 0. The maximum Gasteiger partial charge on any atom is 0.158 e. The maximum absolute atomic E-state index is 10.4. The molecule has 0 saturated carbocycles. The topological polar surface area (TPSA) is 66.8 Å². The Morgan fingerprint density at radius 2 is 1.79 bits per heavy atom. The maximum atomic E-state index is 10.4. The SMILES string of the molecule is Cc1ccnn1-c1c(C#N)c2ccccc2n1-c1ccccc1O. The first-order valence-electron chi connectivity index (χ1n) is 7.55. The number of hydrogen-bond acceptors (Lipinski definition) is 3. The minimum Gasteiger partial charge on any atom is -0.506 e. The van der Waals surface area contributed by atoms with Crippen LogP contribution in [0.25, 0.3) is 22.4 Å². The van der Waals surface area contributed by atoms with E-state index in [2.05, 4.69) is 11.2 Å². The summed E-state index contributed by atoms with van der Waals surface area (Å²) in [5, 5.41) is 25.3. The molecule has 2 heterocycles. The Kier molecular flexibility index (Phi) is 3.10. The lowest BCUT2D eigenvalue weighted by Crippen LogP contribution is -2.08. The molecule has 0 aliphatic rings. The van der Waals surface area contributed by atoms with Gasteiger partial charge < -0.3 is 5.11 Å². The second-order valence-electron chi connectivity index (χ2n) is 5.54. The van der Waals surface area contributed by atoms with Gasteiger partial charge in [0.15, 0.2) is 5.82 Å². The molecule has 116 valence electrons. The number of para-hydroxylation sites is 3. The fourth-order valence-electron chi connectivity index (χ4n) is 3.03. The highest BCUT2D eigenvalue weighted by Crippen LogP contribution is 2.34. The zero-order valence-electron chi connectivity index (χ0n) is 13.0. The van der Waals surface area contributed by atoms with Gasteiger partial charge in [0.2, 0.25) is 0 Å². The van der Waals surface area contributed by atoms with Crippen molar-refractivity contribution in [2.24, 2.45) is 0 Å². The number of aryl methyl sites for hydroxylation is 1. The highest BCUT2D eigenvalue weighted by molar-refractivity contribution is 5.92. The van der Waals surface area contributed by atoms with Crippen molar-refractivity contribution < 1.29 is 5.11 Å². The minimum atomic E-state index is 0.147. The molecule has 0 spiro atoms. The number of hydrogen-bond donors (Lipinski definition) is 1. The van der Waals surface area contributed by atoms with E-state index in [1.807, 2.05) is 54.0 Å². The lowest BCUT2D eigenvalue weighted by molar-refractivity contribution is 0.472. The van der Waals surface area contributed by atoms with Gasteiger partial charge in [-0.3, -0.25) is 4.57 Å². The zero-order chi connectivity index (χ0) is 16.7. The number of phenolic OH excluding ortho intramolecular Hbond substituents is 1. The Balaban J connectivity index is 2.22. The van der Waals surface area contributed by atoms with Crippen molar-refractivity contribution in [1.82, 2.24) is 14.3 Å². The van der Waals surface area contributed by atoms with Crippen LogP contribution in [0.3, 0.4) is 0 Å². The number of aromatic nitrogens is 3. The van der Waals surface area contributed by atoms with Gasteiger partial charge in [-0.1, -0.05) is 30.3 Å². The Hall–Kier alpha value is -3.52. The highest BCUT2D eigenvalue weighted by Gasteiger charge is 2.22. The van der Waals surface area contributed by atoms with E-state index >= 15 is 0 Å². The number of benzene rings is 2. The molecule has 2 aromatic carbocycles. The predicted octanol–water partition coefficient (Wildman–Crippen LogP) is 3.70. The van der Waals surface area contributed by atoms with E-state index in [9.17, 15) is 10.4 Å². The normalized spacial score (nSPS) is 10.8. The molecule has 5 heteroatoms. The summed E-state index contributed by atoms with van der Waals surface area (Å²) < 4.78 is 3.61. The standard InChI is InChI=1S/C19H14N4O/c1-13-10-11-21-23(13)19-15(12-20)14-6-2-3-7-16(14)22(19)17-8-4-5-9-18(17)24/h2-11,24H,1H3. The van der Waals surface area contributed by atoms with Gasteiger partial charge in [-0.05, 0) is 31.2 Å². The first kappa shape index (κ1) is 14.1. The molecule has 0 fully saturated rings. The lowest BCUT2D eigenvalue weighted by atomic mass is 10.2. The van der Waals surface area contributed by atoms with Gasteiger partial charge in [0, 0.05) is 17.3 Å². The molecule has 0 amide bonds. The van der Waals surface area contributed by atoms with Crippen LogP contribution < -0.4 is 0 Å². The summed E-state index contributed by atoms with van der Waals surface area (Å²) in [5.41, 5.74) is 2.90. The summed E-state index contributed by atoms with van der Waals surface area (Å²) in [6.07, 6.45) is 1.70. The van der Waals surface area contributed by atoms with Crippen molar-refractivity contribution in [3.8, 4) is 23.3 Å². The van der Waals surface area contributed by atoms with E-state index < -0.39 is 0 Å². The van der Waals surface area contributed by atoms with Crippen LogP contribution in [0, 0.1) is 18.3 Å². The average molecular weight is 314 g/mol. The number of nitrogens with zero attached hydrogens (tertiary/aromatic N) is 4. The van der Waals surface area contributed by atoms with Crippen molar-refractivity contribution in [3.05, 3.63) is 72.1 Å². The summed E-state index contributed by atoms with van der Waals surface area (Å²) in [4.78, 5) is 0. The molecule has 0 radical (unpaired) electrons. The quantitative estimate of drug-likeness (QED) is 0.613. The fourth-order valence-corrected chi connectivity index (χ4v) is 3.03. The Labute approximate surface area is 138 Å². The Morgan fingerprint density at radius 3 is 2.50 bits per heavy atom. The highest BCUT2D eigenvalue weighted by atomic mass is 16.3. The molecular formula is C19H14N4O. The van der Waals surface area contributed by atoms with E-state index in [-0.39, 0.29) is 5.75 Å². The monoisotopic (exact) mass is 314 g/mol. The number of nitriles is 1. The number of aromatic hydroxyl groups is 1. The summed E-state index contributed by atoms with van der Waals surface area (Å²) >= 11 is 0. The molecule has 4 aromatic rings. The third-order valence-corrected chi connectivity index (χ3v) is 4.12. The van der Waals surface area contributed by atoms with Crippen molar-refractivity contribution in [3.63, 3.8) is 0 Å². The third-order valence-electron chi connectivity index (χ3n) is 4.12. The second kappa shape index (κ2) is 5.28. The van der Waals surface area contributed by atoms with E-state index in [4.69, 9.17) is 0 Å². The van der Waals surface area contributed by atoms with Crippen molar-refractivity contribution in [2.45, 2.75) is 6.92 Å². The van der Waals surface area contributed by atoms with Gasteiger partial charge in [0.1, 0.15) is 17.4 Å². The third kappa shape index (κ3) is 1.90. The van der Waals surface area contributed by atoms with Crippen LogP contribution >= 0.6 is 0 Å². The lowest BCUT2D eigenvalue weighted by Gasteiger charge is -2.13. The summed E-state index contributed by atoms with van der Waals surface area (Å²) in [6, 6.07) is 18.9. The molecule has 0 unspecified atom stereocenters. The van der Waals surface area contributed by atoms with Crippen molar-refractivity contribution in [2.75, 3.05) is 0 Å². The minimum absolute atomic E-state index is 0.147. The van der Waals surface area contributed by atoms with Gasteiger partial charge in [-0.15, -0.1) is 0 Å². The molecule has 5 nitrogen and oxygen atoms in total. The zero-order valence-corrected chi connectivity index (χ0v) is 13.0. The first-order valence-corrected chi connectivity index (χ1v) is 7.55. The number of phenols is 1. The van der Waals surface area contributed by atoms with E-state index in [1.54, 1.807) is 23.0 Å². The van der Waals surface area contributed by atoms with Gasteiger partial charge in [-0.2, -0.15) is 10.4 Å². The van der Waals surface area contributed by atoms with E-state index in [0.29, 0.717) is 17.1 Å². The first-order chi connectivity index (χ1) is 11.7. The summed E-state index contributed by atoms with van der Waals surface area (Å²) in [5.74, 6) is 0.775. The van der Waals surface area contributed by atoms with Crippen LogP contribution in [0.4, 0.5) is 0 Å². The molecule has 0 atom stereocenters. The molecule has 0 bridgehead atoms. The van der Waals surface area contributed by atoms with Gasteiger partial charge in [0.25, 0.3) is 0 Å². The number of rotatable bonds is 2. The fraction of sp³-hybridized carbons (Fsp3) is 0.0526. The van der Waals surface area contributed by atoms with Gasteiger partial charge in [0.05, 0.1) is 11.2 Å². The van der Waals surface area contributed by atoms with Crippen molar-refractivity contribution in [1.29, 1.82) is 5.26 Å².